The summed E-state index contributed by atoms with van der Waals surface area (Å²) in [6, 6.07) is 12.6. The fraction of sp³-hybridized carbons (Fsp3) is 0.0556. The van der Waals surface area contributed by atoms with Gasteiger partial charge in [0.2, 0.25) is 0 Å². The van der Waals surface area contributed by atoms with Gasteiger partial charge in [0, 0.05) is 16.9 Å². The molecule has 1 amide bonds. The van der Waals surface area contributed by atoms with Crippen molar-refractivity contribution in [3.63, 3.8) is 0 Å². The quantitative estimate of drug-likeness (QED) is 0.665. The lowest BCUT2D eigenvalue weighted by Crippen LogP contribution is -2.11. The largest absolute Gasteiger partial charge is 0.451 e. The number of rotatable bonds is 3. The highest BCUT2D eigenvalue weighted by Gasteiger charge is 2.14. The maximum Gasteiger partial charge on any atom is 0.291 e. The van der Waals surface area contributed by atoms with Gasteiger partial charge in [-0.15, -0.1) is 0 Å². The fourth-order valence-electron chi connectivity index (χ4n) is 2.18. The minimum absolute atomic E-state index is 0.00923. The van der Waals surface area contributed by atoms with Crippen LogP contribution in [0.1, 0.15) is 16.1 Å². The number of benzene rings is 2. The molecular weight excluding hydrogens is 331 g/mol. The van der Waals surface area contributed by atoms with E-state index in [0.717, 1.165) is 5.56 Å². The summed E-state index contributed by atoms with van der Waals surface area (Å²) in [4.78, 5) is 12.2. The lowest BCUT2D eigenvalue weighted by atomic mass is 10.2. The molecule has 24 heavy (non-hydrogen) atoms. The zero-order valence-electron chi connectivity index (χ0n) is 12.8. The van der Waals surface area contributed by atoms with Crippen LogP contribution in [0.25, 0.3) is 11.3 Å². The topological polar surface area (TPSA) is 68.3 Å². The van der Waals surface area contributed by atoms with Gasteiger partial charge in [0.25, 0.3) is 5.91 Å². The minimum atomic E-state index is -0.512. The van der Waals surface area contributed by atoms with Gasteiger partial charge in [0.15, 0.2) is 5.76 Å². The Morgan fingerprint density at radius 2 is 1.96 bits per heavy atom. The van der Waals surface area contributed by atoms with E-state index < -0.39 is 11.7 Å². The third-order valence-corrected chi connectivity index (χ3v) is 3.86. The molecule has 0 saturated heterocycles. The third kappa shape index (κ3) is 3.26. The van der Waals surface area contributed by atoms with Crippen LogP contribution < -0.4 is 11.1 Å². The summed E-state index contributed by atoms with van der Waals surface area (Å²) in [5.74, 6) is -0.366. The molecule has 1 aromatic heterocycles. The number of nitrogens with two attached hydrogens (primary N) is 1. The van der Waals surface area contributed by atoms with Gasteiger partial charge in [-0.25, -0.2) is 4.39 Å². The summed E-state index contributed by atoms with van der Waals surface area (Å²) in [5.41, 5.74) is 8.51. The predicted molar refractivity (Wildman–Crippen MR) is 92.7 cm³/mol. The molecule has 122 valence electrons. The van der Waals surface area contributed by atoms with E-state index in [1.165, 1.54) is 18.2 Å². The van der Waals surface area contributed by atoms with Crippen molar-refractivity contribution in [2.24, 2.45) is 0 Å². The third-order valence-electron chi connectivity index (χ3n) is 3.57. The fourth-order valence-corrected chi connectivity index (χ4v) is 2.36. The van der Waals surface area contributed by atoms with E-state index in [2.05, 4.69) is 5.32 Å². The molecule has 3 aromatic rings. The number of hydrogen-bond acceptors (Lipinski definition) is 3. The zero-order valence-corrected chi connectivity index (χ0v) is 13.5. The van der Waals surface area contributed by atoms with Gasteiger partial charge in [0.1, 0.15) is 11.6 Å². The average Bonchev–Trinajstić information content (AvgIpc) is 3.04. The Hall–Kier alpha value is -2.79. The molecule has 0 aliphatic rings. The second-order valence-electron chi connectivity index (χ2n) is 5.32. The Bertz CT molecular complexity index is 921. The van der Waals surface area contributed by atoms with Gasteiger partial charge in [-0.2, -0.15) is 0 Å². The first-order valence-electron chi connectivity index (χ1n) is 7.17. The number of nitrogen functional groups attached to an aromatic ring is 1. The van der Waals surface area contributed by atoms with E-state index in [4.69, 9.17) is 21.8 Å². The van der Waals surface area contributed by atoms with Crippen molar-refractivity contribution < 1.29 is 13.6 Å². The van der Waals surface area contributed by atoms with Crippen LogP contribution in [0.3, 0.4) is 0 Å². The number of aryl methyl sites for hydroxylation is 1. The summed E-state index contributed by atoms with van der Waals surface area (Å²) in [7, 11) is 0. The molecule has 3 N–H and O–H groups in total. The van der Waals surface area contributed by atoms with Crippen molar-refractivity contribution in [3.05, 3.63) is 70.7 Å². The highest BCUT2D eigenvalue weighted by Crippen LogP contribution is 2.27. The first-order chi connectivity index (χ1) is 11.4. The smallest absolute Gasteiger partial charge is 0.291 e. The number of nitrogens with one attached hydrogen (secondary N) is 1. The molecule has 0 bridgehead atoms. The van der Waals surface area contributed by atoms with Crippen LogP contribution in [0.2, 0.25) is 5.02 Å². The number of anilines is 2. The van der Waals surface area contributed by atoms with Crippen LogP contribution >= 0.6 is 11.6 Å². The summed E-state index contributed by atoms with van der Waals surface area (Å²) in [6.07, 6.45) is 0. The first kappa shape index (κ1) is 16.1. The summed E-state index contributed by atoms with van der Waals surface area (Å²) < 4.78 is 18.7. The number of carbonyl (C=O) groups is 1. The van der Waals surface area contributed by atoms with E-state index in [9.17, 15) is 9.18 Å². The van der Waals surface area contributed by atoms with Crippen molar-refractivity contribution in [2.45, 2.75) is 6.92 Å². The number of furan rings is 1. The molecule has 0 radical (unpaired) electrons. The van der Waals surface area contributed by atoms with Gasteiger partial charge < -0.3 is 15.5 Å². The zero-order chi connectivity index (χ0) is 17.3. The molecular formula is C18H14ClFN2O2. The van der Waals surface area contributed by atoms with Crippen molar-refractivity contribution in [2.75, 3.05) is 11.1 Å². The summed E-state index contributed by atoms with van der Waals surface area (Å²) in [6.45, 7) is 1.88. The number of carbonyl (C=O) groups excluding carboxylic acids is 1. The van der Waals surface area contributed by atoms with Crippen LogP contribution in [0.15, 0.2) is 52.9 Å². The van der Waals surface area contributed by atoms with E-state index in [1.54, 1.807) is 24.3 Å². The maximum atomic E-state index is 13.2. The van der Waals surface area contributed by atoms with Crippen LogP contribution in [0.4, 0.5) is 15.8 Å². The maximum absolute atomic E-state index is 13.2. The molecule has 0 aliphatic heterocycles. The van der Waals surface area contributed by atoms with E-state index in [1.807, 2.05) is 13.0 Å². The van der Waals surface area contributed by atoms with Gasteiger partial charge in [-0.3, -0.25) is 4.79 Å². The Kier molecular flexibility index (Phi) is 4.27. The molecule has 3 rings (SSSR count). The Labute approximate surface area is 143 Å². The molecule has 0 saturated carbocycles. The predicted octanol–water partition coefficient (Wildman–Crippen LogP) is 4.88. The van der Waals surface area contributed by atoms with E-state index >= 15 is 0 Å². The molecule has 0 aliphatic carbocycles. The normalized spacial score (nSPS) is 10.6. The summed E-state index contributed by atoms with van der Waals surface area (Å²) in [5, 5.41) is 2.70. The molecule has 0 unspecified atom stereocenters. The second-order valence-corrected chi connectivity index (χ2v) is 5.73. The molecule has 0 spiro atoms. The molecule has 0 atom stereocenters. The lowest BCUT2D eigenvalue weighted by Gasteiger charge is -2.06. The van der Waals surface area contributed by atoms with Gasteiger partial charge in [-0.05, 0) is 55.0 Å². The minimum Gasteiger partial charge on any atom is -0.451 e. The van der Waals surface area contributed by atoms with Crippen LogP contribution in [-0.2, 0) is 0 Å². The standard InChI is InChI=1S/C18H14ClFN2O2/c1-10-2-4-12(9-15(10)21)22-18(23)17-7-6-16(24-17)11-3-5-14(20)13(19)8-11/h2-9H,21H2,1H3,(H,22,23). The van der Waals surface area contributed by atoms with Gasteiger partial charge in [0.05, 0.1) is 5.02 Å². The monoisotopic (exact) mass is 344 g/mol. The van der Waals surface area contributed by atoms with Gasteiger partial charge in [-0.1, -0.05) is 17.7 Å². The highest BCUT2D eigenvalue weighted by atomic mass is 35.5. The van der Waals surface area contributed by atoms with Crippen molar-refractivity contribution >= 4 is 28.9 Å². The van der Waals surface area contributed by atoms with E-state index in [0.29, 0.717) is 22.7 Å². The van der Waals surface area contributed by atoms with Crippen LogP contribution in [-0.4, -0.2) is 5.91 Å². The van der Waals surface area contributed by atoms with Crippen molar-refractivity contribution in [1.29, 1.82) is 0 Å². The Morgan fingerprint density at radius 1 is 1.17 bits per heavy atom. The Balaban J connectivity index is 1.80. The number of amides is 1. The van der Waals surface area contributed by atoms with Crippen LogP contribution in [0, 0.1) is 12.7 Å². The van der Waals surface area contributed by atoms with Crippen LogP contribution in [0.5, 0.6) is 0 Å². The summed E-state index contributed by atoms with van der Waals surface area (Å²) >= 11 is 5.76. The SMILES string of the molecule is Cc1ccc(NC(=O)c2ccc(-c3ccc(F)c(Cl)c3)o2)cc1N. The second kappa shape index (κ2) is 6.37. The molecule has 0 fully saturated rings. The lowest BCUT2D eigenvalue weighted by molar-refractivity contribution is 0.0997. The molecule has 4 nitrogen and oxygen atoms in total. The van der Waals surface area contributed by atoms with E-state index in [-0.39, 0.29) is 10.8 Å². The average molecular weight is 345 g/mol. The molecule has 2 aromatic carbocycles. The molecule has 1 heterocycles. The number of halogens is 2. The van der Waals surface area contributed by atoms with Gasteiger partial charge >= 0.3 is 0 Å². The number of hydrogen-bond donors (Lipinski definition) is 2. The van der Waals surface area contributed by atoms with Crippen molar-refractivity contribution in [3.8, 4) is 11.3 Å². The van der Waals surface area contributed by atoms with Crippen molar-refractivity contribution in [1.82, 2.24) is 0 Å². The highest BCUT2D eigenvalue weighted by molar-refractivity contribution is 6.31. The first-order valence-corrected chi connectivity index (χ1v) is 7.54. The molecule has 6 heteroatoms. The Morgan fingerprint density at radius 3 is 2.67 bits per heavy atom.